The third-order valence-corrected chi connectivity index (χ3v) is 6.19. The first kappa shape index (κ1) is 19.1. The van der Waals surface area contributed by atoms with E-state index in [2.05, 4.69) is 29.2 Å². The molecule has 148 valence electrons. The highest BCUT2D eigenvalue weighted by Gasteiger charge is 2.52. The van der Waals surface area contributed by atoms with E-state index in [1.807, 2.05) is 12.1 Å². The standard InChI is InChI=1S/C22H27N3O3/c23-13-19-22(18-8-4-3-7-17(18)16-5-1-2-6-16)20(15-26)25(19)21(27)14-24-9-11-28-12-10-24/h3-5,7-8,19-20,22,26H,1-2,6,9-12,14-15H2/t19-,20+,22+/m1/s1. The van der Waals surface area contributed by atoms with Gasteiger partial charge in [-0.15, -0.1) is 0 Å². The molecule has 3 aliphatic rings. The summed E-state index contributed by atoms with van der Waals surface area (Å²) in [6, 6.07) is 9.61. The van der Waals surface area contributed by atoms with Gasteiger partial charge in [0.1, 0.15) is 6.04 Å². The second-order valence-electron chi connectivity index (χ2n) is 7.75. The molecule has 1 aliphatic carbocycles. The Balaban J connectivity index is 1.56. The summed E-state index contributed by atoms with van der Waals surface area (Å²) in [7, 11) is 0. The summed E-state index contributed by atoms with van der Waals surface area (Å²) < 4.78 is 5.34. The lowest BCUT2D eigenvalue weighted by Crippen LogP contribution is -2.66. The molecule has 1 aromatic rings. The number of allylic oxidation sites excluding steroid dienone is 2. The lowest BCUT2D eigenvalue weighted by Gasteiger charge is -2.52. The Morgan fingerprint density at radius 1 is 1.29 bits per heavy atom. The van der Waals surface area contributed by atoms with Crippen molar-refractivity contribution in [3.05, 3.63) is 41.5 Å². The van der Waals surface area contributed by atoms with Crippen molar-refractivity contribution in [2.75, 3.05) is 39.5 Å². The SMILES string of the molecule is N#C[C@@H]1[C@H](c2ccccc2C2=CCCC2)[C@H](CO)N1C(=O)CN1CCOCC1. The van der Waals surface area contributed by atoms with E-state index in [-0.39, 0.29) is 31.0 Å². The van der Waals surface area contributed by atoms with Crippen LogP contribution in [0.1, 0.15) is 36.3 Å². The summed E-state index contributed by atoms with van der Waals surface area (Å²) in [5.41, 5.74) is 3.57. The van der Waals surface area contributed by atoms with Crippen LogP contribution in [0.15, 0.2) is 30.3 Å². The molecule has 0 radical (unpaired) electrons. The summed E-state index contributed by atoms with van der Waals surface area (Å²) in [4.78, 5) is 16.6. The van der Waals surface area contributed by atoms with Crippen LogP contribution in [0.3, 0.4) is 0 Å². The minimum atomic E-state index is -0.533. The highest BCUT2D eigenvalue weighted by atomic mass is 16.5. The first-order valence-electron chi connectivity index (χ1n) is 10.1. The Labute approximate surface area is 166 Å². The van der Waals surface area contributed by atoms with E-state index in [0.717, 1.165) is 37.9 Å². The van der Waals surface area contributed by atoms with Crippen molar-refractivity contribution in [2.45, 2.75) is 37.3 Å². The molecule has 2 saturated heterocycles. The van der Waals surface area contributed by atoms with E-state index in [4.69, 9.17) is 4.74 Å². The molecular formula is C22H27N3O3. The van der Waals surface area contributed by atoms with E-state index in [1.54, 1.807) is 4.90 Å². The summed E-state index contributed by atoms with van der Waals surface area (Å²) in [6.07, 6.45) is 5.56. The van der Waals surface area contributed by atoms with Crippen LogP contribution in [0.5, 0.6) is 0 Å². The molecule has 2 heterocycles. The monoisotopic (exact) mass is 381 g/mol. The van der Waals surface area contributed by atoms with Gasteiger partial charge in [0.05, 0.1) is 38.5 Å². The highest BCUT2D eigenvalue weighted by molar-refractivity contribution is 5.81. The van der Waals surface area contributed by atoms with E-state index in [0.29, 0.717) is 13.2 Å². The van der Waals surface area contributed by atoms with Crippen molar-refractivity contribution >= 4 is 11.5 Å². The van der Waals surface area contributed by atoms with Gasteiger partial charge < -0.3 is 14.7 Å². The number of rotatable bonds is 5. The largest absolute Gasteiger partial charge is 0.394 e. The van der Waals surface area contributed by atoms with Crippen molar-refractivity contribution in [2.24, 2.45) is 0 Å². The van der Waals surface area contributed by atoms with Gasteiger partial charge in [-0.1, -0.05) is 30.3 Å². The van der Waals surface area contributed by atoms with Crippen molar-refractivity contribution in [1.29, 1.82) is 5.26 Å². The lowest BCUT2D eigenvalue weighted by atomic mass is 9.73. The van der Waals surface area contributed by atoms with Gasteiger partial charge >= 0.3 is 0 Å². The molecule has 6 nitrogen and oxygen atoms in total. The fourth-order valence-corrected chi connectivity index (χ4v) is 4.75. The van der Waals surface area contributed by atoms with Gasteiger partial charge in [-0.2, -0.15) is 5.26 Å². The van der Waals surface area contributed by atoms with Crippen molar-refractivity contribution in [1.82, 2.24) is 9.80 Å². The van der Waals surface area contributed by atoms with Gasteiger partial charge in [-0.25, -0.2) is 0 Å². The van der Waals surface area contributed by atoms with Gasteiger partial charge in [0.15, 0.2) is 0 Å². The molecular weight excluding hydrogens is 354 g/mol. The van der Waals surface area contributed by atoms with Crippen LogP contribution in [0.4, 0.5) is 0 Å². The highest BCUT2D eigenvalue weighted by Crippen LogP contribution is 2.44. The minimum absolute atomic E-state index is 0.0821. The molecule has 28 heavy (non-hydrogen) atoms. The number of ether oxygens (including phenoxy) is 1. The lowest BCUT2D eigenvalue weighted by molar-refractivity contribution is -0.149. The third-order valence-electron chi connectivity index (χ3n) is 6.19. The number of nitrogens with zero attached hydrogens (tertiary/aromatic N) is 3. The number of hydrogen-bond acceptors (Lipinski definition) is 5. The fourth-order valence-electron chi connectivity index (χ4n) is 4.75. The molecule has 1 aromatic carbocycles. The van der Waals surface area contributed by atoms with Gasteiger partial charge in [-0.05, 0) is 36.0 Å². The summed E-state index contributed by atoms with van der Waals surface area (Å²) in [6.45, 7) is 2.84. The molecule has 2 aliphatic heterocycles. The molecule has 6 heteroatoms. The van der Waals surface area contributed by atoms with Crippen LogP contribution >= 0.6 is 0 Å². The predicted octanol–water partition coefficient (Wildman–Crippen LogP) is 1.76. The molecule has 0 aromatic heterocycles. The minimum Gasteiger partial charge on any atom is -0.394 e. The molecule has 3 atom stereocenters. The number of aliphatic hydroxyl groups is 1. The molecule has 2 fully saturated rings. The number of carbonyl (C=O) groups is 1. The maximum Gasteiger partial charge on any atom is 0.238 e. The second-order valence-corrected chi connectivity index (χ2v) is 7.75. The zero-order chi connectivity index (χ0) is 19.5. The summed E-state index contributed by atoms with van der Waals surface area (Å²) in [5, 5.41) is 19.9. The van der Waals surface area contributed by atoms with Crippen LogP contribution in [-0.2, 0) is 9.53 Å². The van der Waals surface area contributed by atoms with Crippen molar-refractivity contribution < 1.29 is 14.6 Å². The quantitative estimate of drug-likeness (QED) is 0.841. The van der Waals surface area contributed by atoms with E-state index in [1.165, 1.54) is 11.1 Å². The van der Waals surface area contributed by atoms with E-state index < -0.39 is 6.04 Å². The fraction of sp³-hybridized carbons (Fsp3) is 0.545. The first-order chi connectivity index (χ1) is 13.7. The van der Waals surface area contributed by atoms with Crippen molar-refractivity contribution in [3.8, 4) is 6.07 Å². The zero-order valence-corrected chi connectivity index (χ0v) is 16.1. The number of amides is 1. The topological polar surface area (TPSA) is 76.8 Å². The van der Waals surface area contributed by atoms with E-state index >= 15 is 0 Å². The maximum absolute atomic E-state index is 12.9. The normalized spacial score (nSPS) is 27.8. The van der Waals surface area contributed by atoms with Gasteiger partial charge in [0, 0.05) is 19.0 Å². The number of carbonyl (C=O) groups excluding carboxylic acids is 1. The molecule has 1 amide bonds. The second kappa shape index (κ2) is 8.44. The number of likely N-dealkylation sites (tertiary alicyclic amines) is 1. The Morgan fingerprint density at radius 2 is 2.07 bits per heavy atom. The number of aliphatic hydroxyl groups excluding tert-OH is 1. The smallest absolute Gasteiger partial charge is 0.238 e. The molecule has 0 bridgehead atoms. The van der Waals surface area contributed by atoms with Gasteiger partial charge in [-0.3, -0.25) is 9.69 Å². The molecule has 0 unspecified atom stereocenters. The molecule has 0 spiro atoms. The average Bonchev–Trinajstić information content (AvgIpc) is 3.24. The number of morpholine rings is 1. The maximum atomic E-state index is 12.9. The van der Waals surface area contributed by atoms with Crippen LogP contribution < -0.4 is 0 Å². The van der Waals surface area contributed by atoms with Crippen LogP contribution in [0.25, 0.3) is 5.57 Å². The van der Waals surface area contributed by atoms with Crippen LogP contribution in [0, 0.1) is 11.3 Å². The Morgan fingerprint density at radius 3 is 2.75 bits per heavy atom. The van der Waals surface area contributed by atoms with Crippen LogP contribution in [0.2, 0.25) is 0 Å². The van der Waals surface area contributed by atoms with E-state index in [9.17, 15) is 15.2 Å². The number of benzene rings is 1. The Kier molecular flexibility index (Phi) is 5.77. The molecule has 0 saturated carbocycles. The van der Waals surface area contributed by atoms with Gasteiger partial charge in [0.2, 0.25) is 5.91 Å². The number of nitriles is 1. The average molecular weight is 381 g/mol. The third kappa shape index (κ3) is 3.46. The summed E-state index contributed by atoms with van der Waals surface area (Å²) in [5.74, 6) is -0.234. The predicted molar refractivity (Wildman–Crippen MR) is 105 cm³/mol. The first-order valence-corrected chi connectivity index (χ1v) is 10.1. The van der Waals surface area contributed by atoms with Crippen LogP contribution in [-0.4, -0.2) is 72.4 Å². The van der Waals surface area contributed by atoms with Crippen molar-refractivity contribution in [3.63, 3.8) is 0 Å². The Bertz CT molecular complexity index is 794. The number of hydrogen-bond donors (Lipinski definition) is 1. The summed E-state index contributed by atoms with van der Waals surface area (Å²) >= 11 is 0. The van der Waals surface area contributed by atoms with Gasteiger partial charge in [0.25, 0.3) is 0 Å². The molecule has 1 N–H and O–H groups in total. The Hall–Kier alpha value is -2.20. The zero-order valence-electron chi connectivity index (χ0n) is 16.1. The molecule has 4 rings (SSSR count).